The molecule has 4 nitrogen and oxygen atoms in total. The van der Waals surface area contributed by atoms with Crippen molar-refractivity contribution in [2.75, 3.05) is 13.1 Å². The van der Waals surface area contributed by atoms with Crippen LogP contribution in [-0.2, 0) is 11.2 Å². The first-order valence-electron chi connectivity index (χ1n) is 5.77. The number of carboxylic acids is 1. The summed E-state index contributed by atoms with van der Waals surface area (Å²) in [4.78, 5) is 24.4. The van der Waals surface area contributed by atoms with Crippen LogP contribution in [0.3, 0.4) is 0 Å². The van der Waals surface area contributed by atoms with E-state index in [2.05, 4.69) is 0 Å². The van der Waals surface area contributed by atoms with Gasteiger partial charge in [-0.1, -0.05) is 18.2 Å². The minimum atomic E-state index is -0.865. The van der Waals surface area contributed by atoms with E-state index in [0.29, 0.717) is 13.1 Å². The molecular weight excluding hydrogens is 218 g/mol. The Kier molecular flexibility index (Phi) is 3.42. The maximum atomic E-state index is 12.2. The van der Waals surface area contributed by atoms with Crippen LogP contribution in [-0.4, -0.2) is 35.0 Å². The predicted molar refractivity (Wildman–Crippen MR) is 62.9 cm³/mol. The molecule has 0 saturated heterocycles. The highest BCUT2D eigenvalue weighted by molar-refractivity contribution is 5.96. The molecule has 0 atom stereocenters. The van der Waals surface area contributed by atoms with Gasteiger partial charge in [0.2, 0.25) is 0 Å². The van der Waals surface area contributed by atoms with Crippen molar-refractivity contribution in [3.8, 4) is 0 Å². The Morgan fingerprint density at radius 3 is 2.88 bits per heavy atom. The van der Waals surface area contributed by atoms with Crippen LogP contribution in [0, 0.1) is 0 Å². The molecule has 0 saturated carbocycles. The minimum Gasteiger partial charge on any atom is -0.481 e. The van der Waals surface area contributed by atoms with E-state index in [1.165, 1.54) is 0 Å². The van der Waals surface area contributed by atoms with Crippen molar-refractivity contribution in [1.29, 1.82) is 0 Å². The Morgan fingerprint density at radius 1 is 1.35 bits per heavy atom. The Labute approximate surface area is 99.9 Å². The summed E-state index contributed by atoms with van der Waals surface area (Å²) in [5.41, 5.74) is 1.78. The molecule has 0 aliphatic carbocycles. The number of fused-ring (bicyclic) bond motifs is 1. The van der Waals surface area contributed by atoms with E-state index in [-0.39, 0.29) is 12.3 Å². The smallest absolute Gasteiger partial charge is 0.305 e. The highest BCUT2D eigenvalue weighted by Crippen LogP contribution is 2.18. The second-order valence-electron chi connectivity index (χ2n) is 4.20. The highest BCUT2D eigenvalue weighted by atomic mass is 16.4. The molecule has 1 N–H and O–H groups in total. The number of carboxylic acid groups (broad SMARTS) is 1. The molecule has 1 aliphatic rings. The number of aliphatic carboxylic acids is 1. The summed E-state index contributed by atoms with van der Waals surface area (Å²) in [6.45, 7) is 0.934. The third-order valence-electron chi connectivity index (χ3n) is 3.00. The Morgan fingerprint density at radius 2 is 2.12 bits per heavy atom. The number of carbonyl (C=O) groups is 2. The monoisotopic (exact) mass is 233 g/mol. The van der Waals surface area contributed by atoms with Gasteiger partial charge in [-0.05, 0) is 24.5 Å². The maximum Gasteiger partial charge on any atom is 0.305 e. The number of hydrogen-bond donors (Lipinski definition) is 1. The molecule has 4 heteroatoms. The predicted octanol–water partition coefficient (Wildman–Crippen LogP) is 1.55. The van der Waals surface area contributed by atoms with Crippen LogP contribution in [0.25, 0.3) is 0 Å². The van der Waals surface area contributed by atoms with Crippen molar-refractivity contribution >= 4 is 11.9 Å². The van der Waals surface area contributed by atoms with Crippen LogP contribution >= 0.6 is 0 Å². The van der Waals surface area contributed by atoms with Crippen molar-refractivity contribution in [3.63, 3.8) is 0 Å². The molecule has 0 radical (unpaired) electrons. The topological polar surface area (TPSA) is 57.6 Å². The number of benzene rings is 1. The molecule has 1 amide bonds. The van der Waals surface area contributed by atoms with Crippen molar-refractivity contribution in [2.45, 2.75) is 19.3 Å². The molecule has 0 spiro atoms. The number of amides is 1. The van der Waals surface area contributed by atoms with E-state index in [0.717, 1.165) is 24.0 Å². The van der Waals surface area contributed by atoms with Gasteiger partial charge in [-0.25, -0.2) is 0 Å². The van der Waals surface area contributed by atoms with Crippen molar-refractivity contribution in [2.24, 2.45) is 0 Å². The molecule has 17 heavy (non-hydrogen) atoms. The van der Waals surface area contributed by atoms with E-state index in [1.54, 1.807) is 4.90 Å². The highest BCUT2D eigenvalue weighted by Gasteiger charge is 2.21. The molecule has 1 aromatic carbocycles. The summed E-state index contributed by atoms with van der Waals surface area (Å²) in [6.07, 6.45) is 1.78. The fraction of sp³-hybridized carbons (Fsp3) is 0.385. The minimum absolute atomic E-state index is 0.00784. The van der Waals surface area contributed by atoms with Gasteiger partial charge in [-0.3, -0.25) is 9.59 Å². The van der Waals surface area contributed by atoms with E-state index in [9.17, 15) is 9.59 Å². The molecular formula is C13H15NO3. The van der Waals surface area contributed by atoms with Crippen molar-refractivity contribution in [3.05, 3.63) is 35.4 Å². The van der Waals surface area contributed by atoms with E-state index < -0.39 is 5.97 Å². The van der Waals surface area contributed by atoms with Crippen LogP contribution in [0.2, 0.25) is 0 Å². The lowest BCUT2D eigenvalue weighted by atomic mass is 10.0. The Balaban J connectivity index is 2.17. The van der Waals surface area contributed by atoms with Gasteiger partial charge in [0, 0.05) is 18.7 Å². The third-order valence-corrected chi connectivity index (χ3v) is 3.00. The standard InChI is InChI=1S/C13H15NO3/c15-12(16)7-9-14-8-3-5-10-4-1-2-6-11(10)13(14)17/h1-2,4,6H,3,5,7-9H2,(H,15,16). The Bertz CT molecular complexity index is 442. The molecule has 0 unspecified atom stereocenters. The molecule has 2 rings (SSSR count). The first kappa shape index (κ1) is 11.6. The van der Waals surface area contributed by atoms with E-state index in [4.69, 9.17) is 5.11 Å². The average molecular weight is 233 g/mol. The fourth-order valence-corrected chi connectivity index (χ4v) is 2.12. The molecule has 0 aromatic heterocycles. The van der Waals surface area contributed by atoms with Gasteiger partial charge in [-0.2, -0.15) is 0 Å². The molecule has 1 heterocycles. The third kappa shape index (κ3) is 2.64. The normalized spacial score (nSPS) is 15.3. The van der Waals surface area contributed by atoms with E-state index >= 15 is 0 Å². The maximum absolute atomic E-state index is 12.2. The van der Waals surface area contributed by atoms with Crippen LogP contribution in [0.5, 0.6) is 0 Å². The summed E-state index contributed by atoms with van der Waals surface area (Å²) in [5, 5.41) is 8.66. The van der Waals surface area contributed by atoms with Crippen LogP contribution in [0.4, 0.5) is 0 Å². The quantitative estimate of drug-likeness (QED) is 0.861. The zero-order valence-electron chi connectivity index (χ0n) is 9.56. The summed E-state index contributed by atoms with van der Waals surface area (Å²) < 4.78 is 0. The molecule has 0 fully saturated rings. The summed E-state index contributed by atoms with van der Waals surface area (Å²) in [6, 6.07) is 7.56. The lowest BCUT2D eigenvalue weighted by Crippen LogP contribution is -2.32. The lowest BCUT2D eigenvalue weighted by Gasteiger charge is -2.19. The first-order chi connectivity index (χ1) is 8.18. The van der Waals surface area contributed by atoms with Gasteiger partial charge < -0.3 is 10.0 Å². The molecule has 1 aliphatic heterocycles. The summed E-state index contributed by atoms with van der Waals surface area (Å²) in [7, 11) is 0. The number of hydrogen-bond acceptors (Lipinski definition) is 2. The summed E-state index contributed by atoms with van der Waals surface area (Å²) in [5.74, 6) is -0.908. The first-order valence-corrected chi connectivity index (χ1v) is 5.77. The lowest BCUT2D eigenvalue weighted by molar-refractivity contribution is -0.137. The zero-order valence-corrected chi connectivity index (χ0v) is 9.56. The van der Waals surface area contributed by atoms with Gasteiger partial charge in [-0.15, -0.1) is 0 Å². The van der Waals surface area contributed by atoms with Gasteiger partial charge in [0.1, 0.15) is 0 Å². The SMILES string of the molecule is O=C(O)CCN1CCCc2ccccc2C1=O. The van der Waals surface area contributed by atoms with Crippen molar-refractivity contribution < 1.29 is 14.7 Å². The average Bonchev–Trinajstić information content (AvgIpc) is 2.47. The summed E-state index contributed by atoms with van der Waals surface area (Å²) >= 11 is 0. The van der Waals surface area contributed by atoms with Gasteiger partial charge in [0.25, 0.3) is 5.91 Å². The van der Waals surface area contributed by atoms with Crippen molar-refractivity contribution in [1.82, 2.24) is 4.90 Å². The van der Waals surface area contributed by atoms with Gasteiger partial charge in [0.15, 0.2) is 0 Å². The zero-order chi connectivity index (χ0) is 12.3. The van der Waals surface area contributed by atoms with Crippen LogP contribution in [0.15, 0.2) is 24.3 Å². The fourth-order valence-electron chi connectivity index (χ4n) is 2.12. The largest absolute Gasteiger partial charge is 0.481 e. The van der Waals surface area contributed by atoms with Gasteiger partial charge in [0.05, 0.1) is 6.42 Å². The van der Waals surface area contributed by atoms with E-state index in [1.807, 2.05) is 24.3 Å². The number of carbonyl (C=O) groups excluding carboxylic acids is 1. The Hall–Kier alpha value is -1.84. The molecule has 0 bridgehead atoms. The second kappa shape index (κ2) is 4.99. The van der Waals surface area contributed by atoms with Crippen LogP contribution in [0.1, 0.15) is 28.8 Å². The van der Waals surface area contributed by atoms with Gasteiger partial charge >= 0.3 is 5.97 Å². The molecule has 1 aromatic rings. The number of nitrogens with zero attached hydrogens (tertiary/aromatic N) is 1. The number of rotatable bonds is 3. The second-order valence-corrected chi connectivity index (χ2v) is 4.20. The number of aryl methyl sites for hydroxylation is 1. The van der Waals surface area contributed by atoms with Crippen LogP contribution < -0.4 is 0 Å². The molecule has 90 valence electrons.